The molecule has 2 aliphatic rings. The molecule has 1 fully saturated rings. The highest BCUT2D eigenvalue weighted by Gasteiger charge is 2.47. The number of ether oxygens (including phenoxy) is 2. The SMILES string of the molecule is COc1ccc(C2CC(C(F)(F)F)n3nc(C(=O)N4CCN(c5ccccc5)CC4)cc3N2)cc1OC. The van der Waals surface area contributed by atoms with E-state index < -0.39 is 18.3 Å². The summed E-state index contributed by atoms with van der Waals surface area (Å²) in [5, 5.41) is 7.26. The molecule has 2 atom stereocenters. The van der Waals surface area contributed by atoms with Crippen LogP contribution in [0.2, 0.25) is 0 Å². The molecular formula is C26H28F3N5O3. The molecule has 5 rings (SSSR count). The molecule has 1 amide bonds. The molecule has 0 aliphatic carbocycles. The highest BCUT2D eigenvalue weighted by Crippen LogP contribution is 2.44. The summed E-state index contributed by atoms with van der Waals surface area (Å²) in [6.45, 7) is 2.18. The topological polar surface area (TPSA) is 71.9 Å². The molecule has 2 aliphatic heterocycles. The molecule has 3 heterocycles. The number of fused-ring (bicyclic) bond motifs is 1. The Labute approximate surface area is 212 Å². The van der Waals surface area contributed by atoms with E-state index >= 15 is 0 Å². The fourth-order valence-electron chi connectivity index (χ4n) is 4.93. The van der Waals surface area contributed by atoms with Crippen molar-refractivity contribution in [1.82, 2.24) is 14.7 Å². The van der Waals surface area contributed by atoms with Gasteiger partial charge in [0, 0.05) is 44.4 Å². The van der Waals surface area contributed by atoms with Gasteiger partial charge in [-0.15, -0.1) is 0 Å². The third kappa shape index (κ3) is 4.90. The van der Waals surface area contributed by atoms with Gasteiger partial charge >= 0.3 is 6.18 Å². The molecule has 8 nitrogen and oxygen atoms in total. The van der Waals surface area contributed by atoms with Gasteiger partial charge in [0.1, 0.15) is 5.82 Å². The number of methoxy groups -OCH3 is 2. The van der Waals surface area contributed by atoms with Crippen LogP contribution in [0.15, 0.2) is 54.6 Å². The van der Waals surface area contributed by atoms with E-state index in [4.69, 9.17) is 9.47 Å². The largest absolute Gasteiger partial charge is 0.493 e. The maximum absolute atomic E-state index is 14.1. The normalized spacial score (nSPS) is 19.7. The Balaban J connectivity index is 1.36. The van der Waals surface area contributed by atoms with Crippen LogP contribution in [0.4, 0.5) is 24.7 Å². The van der Waals surface area contributed by atoms with E-state index in [9.17, 15) is 18.0 Å². The number of anilines is 2. The first-order valence-electron chi connectivity index (χ1n) is 12.0. The maximum Gasteiger partial charge on any atom is 0.410 e. The molecule has 0 bridgehead atoms. The lowest BCUT2D eigenvalue weighted by Gasteiger charge is -2.35. The molecule has 0 radical (unpaired) electrons. The van der Waals surface area contributed by atoms with E-state index in [1.54, 1.807) is 23.1 Å². The average Bonchev–Trinajstić information content (AvgIpc) is 3.36. The van der Waals surface area contributed by atoms with E-state index in [-0.39, 0.29) is 23.8 Å². The van der Waals surface area contributed by atoms with E-state index in [2.05, 4.69) is 15.3 Å². The fraction of sp³-hybridized carbons (Fsp3) is 0.385. The Morgan fingerprint density at radius 1 is 0.973 bits per heavy atom. The summed E-state index contributed by atoms with van der Waals surface area (Å²) in [6.07, 6.45) is -4.82. The van der Waals surface area contributed by atoms with E-state index in [0.717, 1.165) is 10.4 Å². The van der Waals surface area contributed by atoms with Crippen LogP contribution in [0.1, 0.15) is 34.6 Å². The summed E-state index contributed by atoms with van der Waals surface area (Å²) in [4.78, 5) is 17.0. The van der Waals surface area contributed by atoms with Gasteiger partial charge in [-0.25, -0.2) is 4.68 Å². The van der Waals surface area contributed by atoms with Crippen molar-refractivity contribution in [3.05, 3.63) is 65.9 Å². The summed E-state index contributed by atoms with van der Waals surface area (Å²) in [6, 6.07) is 13.8. The number of amides is 1. The summed E-state index contributed by atoms with van der Waals surface area (Å²) >= 11 is 0. The minimum Gasteiger partial charge on any atom is -0.493 e. The van der Waals surface area contributed by atoms with Crippen LogP contribution < -0.4 is 19.7 Å². The standard InChI is InChI=1S/C26H28F3N5O3/c1-36-21-9-8-17(14-22(21)37-2)19-15-23(26(27,28)29)34-24(30-19)16-20(31-34)25(35)33-12-10-32(11-13-33)18-6-4-3-5-7-18/h3-9,14,16,19,23,30H,10-13,15H2,1-2H3. The Hall–Kier alpha value is -3.89. The number of carbonyl (C=O) groups excluding carboxylic acids is 1. The number of halogens is 3. The van der Waals surface area contributed by atoms with Crippen LogP contribution in [-0.4, -0.2) is 67.2 Å². The van der Waals surface area contributed by atoms with Gasteiger partial charge in [0.25, 0.3) is 5.91 Å². The first kappa shape index (κ1) is 24.8. The number of hydrogen-bond donors (Lipinski definition) is 1. The van der Waals surface area contributed by atoms with E-state index in [0.29, 0.717) is 43.2 Å². The number of alkyl halides is 3. The van der Waals surface area contributed by atoms with E-state index in [1.807, 2.05) is 30.3 Å². The molecule has 1 N–H and O–H groups in total. The number of nitrogens with one attached hydrogen (secondary N) is 1. The minimum absolute atomic E-state index is 0.00197. The molecule has 37 heavy (non-hydrogen) atoms. The van der Waals surface area contributed by atoms with Crippen molar-refractivity contribution in [2.75, 3.05) is 50.6 Å². The number of nitrogens with zero attached hydrogens (tertiary/aromatic N) is 4. The van der Waals surface area contributed by atoms with Crippen molar-refractivity contribution < 1.29 is 27.4 Å². The molecule has 2 unspecified atom stereocenters. The minimum atomic E-state index is -4.54. The average molecular weight is 516 g/mol. The molecule has 0 saturated carbocycles. The lowest BCUT2D eigenvalue weighted by atomic mass is 9.96. The van der Waals surface area contributed by atoms with Crippen LogP contribution >= 0.6 is 0 Å². The third-order valence-corrected chi connectivity index (χ3v) is 6.91. The van der Waals surface area contributed by atoms with Crippen LogP contribution in [0.3, 0.4) is 0 Å². The van der Waals surface area contributed by atoms with Crippen molar-refractivity contribution in [1.29, 1.82) is 0 Å². The van der Waals surface area contributed by atoms with Crippen LogP contribution in [0.5, 0.6) is 11.5 Å². The zero-order valence-corrected chi connectivity index (χ0v) is 20.5. The van der Waals surface area contributed by atoms with E-state index in [1.165, 1.54) is 20.3 Å². The monoisotopic (exact) mass is 515 g/mol. The van der Waals surface area contributed by atoms with Crippen molar-refractivity contribution in [3.63, 3.8) is 0 Å². The molecule has 3 aromatic rings. The quantitative estimate of drug-likeness (QED) is 0.539. The number of rotatable bonds is 5. The number of benzene rings is 2. The van der Waals surface area contributed by atoms with Gasteiger partial charge in [-0.1, -0.05) is 24.3 Å². The molecular weight excluding hydrogens is 487 g/mol. The number of hydrogen-bond acceptors (Lipinski definition) is 6. The number of para-hydroxylation sites is 1. The fourth-order valence-corrected chi connectivity index (χ4v) is 4.93. The lowest BCUT2D eigenvalue weighted by molar-refractivity contribution is -0.173. The zero-order chi connectivity index (χ0) is 26.2. The van der Waals surface area contributed by atoms with Gasteiger partial charge in [0.05, 0.1) is 20.3 Å². The van der Waals surface area contributed by atoms with Gasteiger partial charge in [0.2, 0.25) is 0 Å². The molecule has 1 saturated heterocycles. The molecule has 0 spiro atoms. The van der Waals surface area contributed by atoms with Gasteiger partial charge in [-0.3, -0.25) is 4.79 Å². The predicted octanol–water partition coefficient (Wildman–Crippen LogP) is 4.52. The summed E-state index contributed by atoms with van der Waals surface area (Å²) in [5.41, 5.74) is 1.69. The maximum atomic E-state index is 14.1. The number of piperazine rings is 1. The number of aromatic nitrogens is 2. The summed E-state index contributed by atoms with van der Waals surface area (Å²) in [5.74, 6) is 0.689. The highest BCUT2D eigenvalue weighted by molar-refractivity contribution is 5.93. The third-order valence-electron chi connectivity index (χ3n) is 6.91. The molecule has 11 heteroatoms. The van der Waals surface area contributed by atoms with Gasteiger partial charge in [-0.2, -0.15) is 18.3 Å². The second kappa shape index (κ2) is 9.87. The Morgan fingerprint density at radius 2 is 1.68 bits per heavy atom. The Bertz CT molecular complexity index is 1260. The first-order valence-corrected chi connectivity index (χ1v) is 12.0. The van der Waals surface area contributed by atoms with Crippen molar-refractivity contribution in [2.24, 2.45) is 0 Å². The van der Waals surface area contributed by atoms with Crippen molar-refractivity contribution in [3.8, 4) is 11.5 Å². The Kier molecular flexibility index (Phi) is 6.61. The van der Waals surface area contributed by atoms with Crippen LogP contribution in [0, 0.1) is 0 Å². The Morgan fingerprint density at radius 3 is 2.32 bits per heavy atom. The molecule has 1 aromatic heterocycles. The van der Waals surface area contributed by atoms with Gasteiger partial charge in [-0.05, 0) is 29.8 Å². The van der Waals surface area contributed by atoms with Crippen molar-refractivity contribution in [2.45, 2.75) is 24.7 Å². The second-order valence-electron chi connectivity index (χ2n) is 9.08. The van der Waals surface area contributed by atoms with Gasteiger partial charge < -0.3 is 24.6 Å². The summed E-state index contributed by atoms with van der Waals surface area (Å²) in [7, 11) is 2.97. The van der Waals surface area contributed by atoms with Crippen molar-refractivity contribution >= 4 is 17.4 Å². The summed E-state index contributed by atoms with van der Waals surface area (Å²) < 4.78 is 53.8. The predicted molar refractivity (Wildman–Crippen MR) is 132 cm³/mol. The molecule has 2 aromatic carbocycles. The second-order valence-corrected chi connectivity index (χ2v) is 9.08. The lowest BCUT2D eigenvalue weighted by Crippen LogP contribution is -2.49. The zero-order valence-electron chi connectivity index (χ0n) is 20.5. The first-order chi connectivity index (χ1) is 17.8. The smallest absolute Gasteiger partial charge is 0.410 e. The molecule has 196 valence electrons. The number of carbonyl (C=O) groups is 1. The van der Waals surface area contributed by atoms with Gasteiger partial charge in [0.15, 0.2) is 23.2 Å². The van der Waals surface area contributed by atoms with Crippen LogP contribution in [0.25, 0.3) is 0 Å². The van der Waals surface area contributed by atoms with Crippen LogP contribution in [-0.2, 0) is 0 Å². The highest BCUT2D eigenvalue weighted by atomic mass is 19.4.